The molecule has 2 saturated carbocycles. The summed E-state index contributed by atoms with van der Waals surface area (Å²) in [7, 11) is 0. The van der Waals surface area contributed by atoms with E-state index in [0.717, 1.165) is 77.0 Å². The van der Waals surface area contributed by atoms with Crippen LogP contribution in [0, 0.1) is 0 Å². The van der Waals surface area contributed by atoms with Gasteiger partial charge in [0.2, 0.25) is 0 Å². The highest BCUT2D eigenvalue weighted by atomic mass is 16.7. The Hall–Kier alpha value is -1.58. The summed E-state index contributed by atoms with van der Waals surface area (Å²) in [4.78, 5) is 48.8. The first-order chi connectivity index (χ1) is 33.2. The van der Waals surface area contributed by atoms with Crippen molar-refractivity contribution in [1.82, 2.24) is 20.3 Å². The number of Topliss-reactive ketones (excluding diaryl/α,β-unsaturated/α-hetero) is 2. The number of ketones is 2. The topological polar surface area (TPSA) is 124 Å². The van der Waals surface area contributed by atoms with E-state index in [1.54, 1.807) is 0 Å². The Kier molecular flexibility index (Phi) is 28.0. The second-order valence-electron chi connectivity index (χ2n) is 28.3. The predicted molar refractivity (Wildman–Crippen MR) is 318 cm³/mol. The van der Waals surface area contributed by atoms with Gasteiger partial charge < -0.3 is 10.2 Å². The molecule has 6 fully saturated rings. The highest BCUT2D eigenvalue weighted by molar-refractivity contribution is 5.82. The van der Waals surface area contributed by atoms with E-state index in [1.807, 2.05) is 0 Å². The smallest absolute Gasteiger partial charge is 0.136 e. The molecule has 8 aliphatic rings. The number of piperidine rings is 4. The van der Waals surface area contributed by atoms with E-state index in [1.165, 1.54) is 51.4 Å². The molecule has 0 amide bonds. The van der Waals surface area contributed by atoms with Crippen molar-refractivity contribution < 1.29 is 39.2 Å². The molecule has 12 heteroatoms. The lowest BCUT2D eigenvalue weighted by molar-refractivity contribution is -0.317. The first-order valence-corrected chi connectivity index (χ1v) is 28.8. The zero-order valence-corrected chi connectivity index (χ0v) is 48.9. The molecule has 8 rings (SSSR count). The van der Waals surface area contributed by atoms with Crippen molar-refractivity contribution in [2.45, 2.75) is 376 Å². The monoisotopic (exact) mass is 1080 g/mol. The third-order valence-electron chi connectivity index (χ3n) is 16.4. The zero-order chi connectivity index (χ0) is 53.6. The number of aliphatic hydroxyl groups is 2. The fourth-order valence-electron chi connectivity index (χ4n) is 14.2. The minimum atomic E-state index is -0.221. The largest absolute Gasteiger partial charge is 0.393 e. The number of rotatable bonds is 8. The molecule has 4 aliphatic heterocycles. The molecule has 76 heavy (non-hydrogen) atoms. The number of carbonyl (C=O) groups is 2. The normalized spacial score (nSPS) is 29.4. The van der Waals surface area contributed by atoms with Crippen LogP contribution in [0.2, 0.25) is 0 Å². The van der Waals surface area contributed by atoms with Crippen LogP contribution in [0.5, 0.6) is 0 Å². The minimum Gasteiger partial charge on any atom is -0.393 e. The lowest BCUT2D eigenvalue weighted by Crippen LogP contribution is -2.62. The second kappa shape index (κ2) is 29.4. The van der Waals surface area contributed by atoms with Gasteiger partial charge in [-0.15, -0.1) is 0 Å². The van der Waals surface area contributed by atoms with Crippen molar-refractivity contribution in [3.05, 3.63) is 24.3 Å². The molecule has 0 bridgehead atoms. The summed E-state index contributed by atoms with van der Waals surface area (Å²) in [6, 6.07) is 0. The highest BCUT2D eigenvalue weighted by Gasteiger charge is 2.50. The van der Waals surface area contributed by atoms with Crippen LogP contribution in [-0.2, 0) is 28.9 Å². The maximum atomic E-state index is 11.8. The fourth-order valence-corrected chi connectivity index (χ4v) is 14.2. The maximum Gasteiger partial charge on any atom is 0.136 e. The van der Waals surface area contributed by atoms with Gasteiger partial charge >= 0.3 is 0 Å². The van der Waals surface area contributed by atoms with Crippen molar-refractivity contribution in [1.29, 1.82) is 0 Å². The van der Waals surface area contributed by atoms with E-state index in [0.29, 0.717) is 55.6 Å². The first-order valence-electron chi connectivity index (χ1n) is 28.8. The zero-order valence-electron chi connectivity index (χ0n) is 48.9. The Bertz CT molecular complexity index is 1710. The molecule has 4 aliphatic carbocycles. The van der Waals surface area contributed by atoms with Crippen molar-refractivity contribution >= 4 is 11.6 Å². The molecule has 4 heterocycles. The van der Waals surface area contributed by atoms with Gasteiger partial charge in [0.15, 0.2) is 0 Å². The number of allylic oxidation sites excluding steroid dienone is 2. The summed E-state index contributed by atoms with van der Waals surface area (Å²) in [5.41, 5.74) is -1.17. The molecule has 2 N–H and O–H groups in total. The molecule has 4 saturated heterocycles. The number of hydrogen-bond donors (Lipinski definition) is 2. The number of nitrogens with zero attached hydrogens (tertiary/aromatic N) is 4. The van der Waals surface area contributed by atoms with Crippen molar-refractivity contribution in [3.8, 4) is 0 Å². The van der Waals surface area contributed by atoms with Crippen LogP contribution >= 0.6 is 0 Å². The van der Waals surface area contributed by atoms with Crippen LogP contribution in [0.1, 0.15) is 295 Å². The van der Waals surface area contributed by atoms with Crippen molar-refractivity contribution in [2.75, 3.05) is 0 Å². The third kappa shape index (κ3) is 20.4. The van der Waals surface area contributed by atoms with Gasteiger partial charge in [-0.05, 0) is 201 Å². The van der Waals surface area contributed by atoms with Gasteiger partial charge in [0.25, 0.3) is 0 Å². The second-order valence-corrected chi connectivity index (χ2v) is 28.3. The summed E-state index contributed by atoms with van der Waals surface area (Å²) in [5.74, 6) is 0.696. The van der Waals surface area contributed by atoms with E-state index in [-0.39, 0.29) is 92.3 Å². The standard InChI is InChI=1S/C15H29NO2.2C15H27NO2.C15H25NO2.4CH4/c4*1-14(2)10-12(17)11-15(3,4)16(14)18-13-8-6-5-7-9-13;;;;/h12-13,17H,5-11H2,1-4H3;13H,5-11H2,1-4H3;5-6,12-13,17H,7-11H2,1-4H3;5-6,13H,7-11H2,1-4H3;4*1H4. The predicted octanol–water partition coefficient (Wildman–Crippen LogP) is 15.6. The van der Waals surface area contributed by atoms with Gasteiger partial charge in [-0.25, -0.2) is 0 Å². The van der Waals surface area contributed by atoms with E-state index >= 15 is 0 Å². The molecule has 2 unspecified atom stereocenters. The number of carbonyl (C=O) groups excluding carboxylic acids is 2. The first kappa shape index (κ1) is 72.4. The van der Waals surface area contributed by atoms with Gasteiger partial charge in [-0.3, -0.25) is 28.9 Å². The van der Waals surface area contributed by atoms with Crippen LogP contribution < -0.4 is 0 Å². The Morgan fingerprint density at radius 3 is 0.829 bits per heavy atom. The SMILES string of the molecule is C.C.C.C.CC1(C)CC(=O)CC(C)(C)N1OC1CC=CCC1.CC1(C)CC(=O)CC(C)(C)N1OC1CCCCC1.CC1(C)CC(O)CC(C)(C)N1OC1CC=CCC1.CC1(C)CC(O)CC(C)(C)N1OC1CCCCC1. The summed E-state index contributed by atoms with van der Waals surface area (Å²) >= 11 is 0. The van der Waals surface area contributed by atoms with E-state index < -0.39 is 0 Å². The van der Waals surface area contributed by atoms with Crippen LogP contribution in [0.25, 0.3) is 0 Å². The number of aliphatic hydroxyl groups excluding tert-OH is 2. The van der Waals surface area contributed by atoms with Gasteiger partial charge in [0.1, 0.15) is 11.6 Å². The molecule has 0 spiro atoms. The minimum absolute atomic E-state index is 0. The molecular weight excluding hydrogens is 953 g/mol. The average molecular weight is 1080 g/mol. The molecular formula is C64H124N4O8. The highest BCUT2D eigenvalue weighted by Crippen LogP contribution is 2.43. The summed E-state index contributed by atoms with van der Waals surface area (Å²) in [6.45, 7) is 34.3. The lowest BCUT2D eigenvalue weighted by atomic mass is 9.80. The van der Waals surface area contributed by atoms with Crippen LogP contribution in [0.15, 0.2) is 24.3 Å². The van der Waals surface area contributed by atoms with Crippen molar-refractivity contribution in [2.24, 2.45) is 0 Å². The fraction of sp³-hybridized carbons (Fsp3) is 0.906. The summed E-state index contributed by atoms with van der Waals surface area (Å²) < 4.78 is 0. The molecule has 0 aromatic heterocycles. The van der Waals surface area contributed by atoms with Gasteiger partial charge in [-0.2, -0.15) is 20.3 Å². The van der Waals surface area contributed by atoms with Gasteiger partial charge in [0.05, 0.1) is 36.6 Å². The van der Waals surface area contributed by atoms with Gasteiger partial charge in [0, 0.05) is 70.0 Å². The van der Waals surface area contributed by atoms with E-state index in [9.17, 15) is 19.8 Å². The Labute approximate surface area is 469 Å². The van der Waals surface area contributed by atoms with Crippen LogP contribution in [0.3, 0.4) is 0 Å². The molecule has 2 atom stereocenters. The Morgan fingerprint density at radius 1 is 0.355 bits per heavy atom. The lowest BCUT2D eigenvalue weighted by Gasteiger charge is -2.54. The summed E-state index contributed by atoms with van der Waals surface area (Å²) in [6.07, 6.45) is 34.1. The Balaban J connectivity index is 0.000000498. The molecule has 0 aromatic rings. The number of hydroxylamine groups is 8. The molecule has 12 nitrogen and oxygen atoms in total. The third-order valence-corrected chi connectivity index (χ3v) is 16.4. The Morgan fingerprint density at radius 2 is 0.592 bits per heavy atom. The maximum absolute atomic E-state index is 11.8. The van der Waals surface area contributed by atoms with Crippen molar-refractivity contribution in [3.63, 3.8) is 0 Å². The van der Waals surface area contributed by atoms with Crippen LogP contribution in [-0.4, -0.2) is 123 Å². The summed E-state index contributed by atoms with van der Waals surface area (Å²) in [5, 5.41) is 28.6. The number of hydrogen-bond acceptors (Lipinski definition) is 12. The van der Waals surface area contributed by atoms with Gasteiger partial charge in [-0.1, -0.05) is 92.5 Å². The van der Waals surface area contributed by atoms with E-state index in [2.05, 4.69) is 155 Å². The molecule has 448 valence electrons. The quantitative estimate of drug-likeness (QED) is 0.225. The van der Waals surface area contributed by atoms with Crippen LogP contribution in [0.4, 0.5) is 0 Å². The average Bonchev–Trinajstić information content (AvgIpc) is 3.24. The van der Waals surface area contributed by atoms with E-state index in [4.69, 9.17) is 19.4 Å². The molecule has 0 aromatic carbocycles. The molecule has 0 radical (unpaired) electrons.